The molecule has 2 rings (SSSR count). The Kier molecular flexibility index (Phi) is 5.97. The van der Waals surface area contributed by atoms with Crippen molar-refractivity contribution in [1.29, 1.82) is 0 Å². The van der Waals surface area contributed by atoms with Crippen molar-refractivity contribution in [3.63, 3.8) is 0 Å². The minimum atomic E-state index is -0.310. The van der Waals surface area contributed by atoms with Crippen LogP contribution in [0, 0.1) is 5.82 Å². The first-order chi connectivity index (χ1) is 11.0. The van der Waals surface area contributed by atoms with Crippen LogP contribution in [0.3, 0.4) is 0 Å². The minimum absolute atomic E-state index is 0.0956. The molecule has 1 amide bonds. The van der Waals surface area contributed by atoms with Gasteiger partial charge in [0.25, 0.3) is 5.91 Å². The third-order valence-electron chi connectivity index (χ3n) is 2.96. The number of rotatable bonds is 7. The molecule has 0 heterocycles. The summed E-state index contributed by atoms with van der Waals surface area (Å²) < 4.78 is 23.7. The van der Waals surface area contributed by atoms with Crippen LogP contribution in [0.1, 0.15) is 24.2 Å². The molecule has 0 aliphatic heterocycles. The fourth-order valence-corrected chi connectivity index (χ4v) is 1.92. The summed E-state index contributed by atoms with van der Waals surface area (Å²) >= 11 is 0. The maximum atomic E-state index is 12.7. The Morgan fingerprint density at radius 1 is 1.04 bits per heavy atom. The molecule has 23 heavy (non-hydrogen) atoms. The van der Waals surface area contributed by atoms with Crippen molar-refractivity contribution in [2.45, 2.75) is 20.0 Å². The zero-order valence-electron chi connectivity index (χ0n) is 13.2. The van der Waals surface area contributed by atoms with Crippen LogP contribution >= 0.6 is 0 Å². The molecule has 0 saturated heterocycles. The van der Waals surface area contributed by atoms with Crippen molar-refractivity contribution in [2.24, 2.45) is 0 Å². The highest BCUT2D eigenvalue weighted by atomic mass is 19.1. The Balaban J connectivity index is 1.75. The maximum absolute atomic E-state index is 12.7. The molecule has 0 unspecified atom stereocenters. The molecule has 0 bridgehead atoms. The number of nitrogens with one attached hydrogen (secondary N) is 1. The van der Waals surface area contributed by atoms with E-state index >= 15 is 0 Å². The van der Waals surface area contributed by atoms with Gasteiger partial charge in [-0.2, -0.15) is 0 Å². The summed E-state index contributed by atoms with van der Waals surface area (Å²) in [5, 5.41) is 2.76. The zero-order valence-corrected chi connectivity index (χ0v) is 13.2. The van der Waals surface area contributed by atoms with E-state index in [0.717, 1.165) is 5.75 Å². The number of hydrogen-bond acceptors (Lipinski definition) is 3. The molecule has 0 aliphatic rings. The summed E-state index contributed by atoms with van der Waals surface area (Å²) in [6, 6.07) is 12.7. The van der Waals surface area contributed by atoms with E-state index in [9.17, 15) is 9.18 Å². The van der Waals surface area contributed by atoms with E-state index in [1.807, 2.05) is 13.8 Å². The molecule has 2 aromatic rings. The second kappa shape index (κ2) is 8.17. The highest BCUT2D eigenvalue weighted by Crippen LogP contribution is 2.14. The van der Waals surface area contributed by atoms with Gasteiger partial charge in [0, 0.05) is 5.56 Å². The highest BCUT2D eigenvalue weighted by molar-refractivity contribution is 5.94. The summed E-state index contributed by atoms with van der Waals surface area (Å²) in [4.78, 5) is 12.0. The van der Waals surface area contributed by atoms with Gasteiger partial charge in [0.15, 0.2) is 0 Å². The van der Waals surface area contributed by atoms with Gasteiger partial charge in [-0.1, -0.05) is 0 Å². The SMILES string of the molecule is CC(C)Oc1ccc(C(=O)NCCOc2ccc(F)cc2)cc1. The lowest BCUT2D eigenvalue weighted by Gasteiger charge is -2.10. The smallest absolute Gasteiger partial charge is 0.251 e. The van der Waals surface area contributed by atoms with Gasteiger partial charge in [-0.25, -0.2) is 4.39 Å². The third-order valence-corrected chi connectivity index (χ3v) is 2.96. The van der Waals surface area contributed by atoms with Crippen molar-refractivity contribution < 1.29 is 18.7 Å². The molecule has 0 saturated carbocycles. The zero-order chi connectivity index (χ0) is 16.7. The largest absolute Gasteiger partial charge is 0.492 e. The van der Waals surface area contributed by atoms with Gasteiger partial charge >= 0.3 is 0 Å². The molecule has 1 N–H and O–H groups in total. The van der Waals surface area contributed by atoms with Gasteiger partial charge in [0.05, 0.1) is 12.6 Å². The van der Waals surface area contributed by atoms with E-state index in [0.29, 0.717) is 24.5 Å². The van der Waals surface area contributed by atoms with Crippen LogP contribution in [-0.2, 0) is 0 Å². The molecule has 122 valence electrons. The van der Waals surface area contributed by atoms with Crippen LogP contribution in [0.4, 0.5) is 4.39 Å². The van der Waals surface area contributed by atoms with Gasteiger partial charge in [-0.15, -0.1) is 0 Å². The van der Waals surface area contributed by atoms with E-state index in [4.69, 9.17) is 9.47 Å². The quantitative estimate of drug-likeness (QED) is 0.796. The molecule has 0 aliphatic carbocycles. The molecule has 0 atom stereocenters. The number of benzene rings is 2. The minimum Gasteiger partial charge on any atom is -0.492 e. The van der Waals surface area contributed by atoms with E-state index < -0.39 is 0 Å². The fourth-order valence-electron chi connectivity index (χ4n) is 1.92. The first-order valence-corrected chi connectivity index (χ1v) is 7.48. The van der Waals surface area contributed by atoms with Crippen molar-refractivity contribution >= 4 is 5.91 Å². The molecule has 0 spiro atoms. The first-order valence-electron chi connectivity index (χ1n) is 7.48. The third kappa shape index (κ3) is 5.62. The van der Waals surface area contributed by atoms with Gasteiger partial charge < -0.3 is 14.8 Å². The fraction of sp³-hybridized carbons (Fsp3) is 0.278. The molecule has 5 heteroatoms. The number of hydrogen-bond donors (Lipinski definition) is 1. The predicted octanol–water partition coefficient (Wildman–Crippen LogP) is 3.42. The predicted molar refractivity (Wildman–Crippen MR) is 86.4 cm³/mol. The Bertz CT molecular complexity index is 624. The summed E-state index contributed by atoms with van der Waals surface area (Å²) in [5.41, 5.74) is 0.558. The average molecular weight is 317 g/mol. The molecule has 0 aromatic heterocycles. The number of halogens is 1. The standard InChI is InChI=1S/C18H20FNO3/c1-13(2)23-17-7-3-14(4-8-17)18(21)20-11-12-22-16-9-5-15(19)6-10-16/h3-10,13H,11-12H2,1-2H3,(H,20,21). The molecular formula is C18H20FNO3. The summed E-state index contributed by atoms with van der Waals surface area (Å²) in [7, 11) is 0. The summed E-state index contributed by atoms with van der Waals surface area (Å²) in [6.07, 6.45) is 0.0956. The van der Waals surface area contributed by atoms with E-state index in [1.165, 1.54) is 12.1 Å². The highest BCUT2D eigenvalue weighted by Gasteiger charge is 2.06. The molecular weight excluding hydrogens is 297 g/mol. The van der Waals surface area contributed by atoms with Crippen LogP contribution in [0.5, 0.6) is 11.5 Å². The van der Waals surface area contributed by atoms with Crippen molar-refractivity contribution in [3.05, 3.63) is 59.9 Å². The van der Waals surface area contributed by atoms with Crippen LogP contribution < -0.4 is 14.8 Å². The average Bonchev–Trinajstić information content (AvgIpc) is 2.53. The first kappa shape index (κ1) is 16.8. The van der Waals surface area contributed by atoms with Crippen molar-refractivity contribution in [1.82, 2.24) is 5.32 Å². The Morgan fingerprint density at radius 3 is 2.26 bits per heavy atom. The summed E-state index contributed by atoms with van der Waals surface area (Å²) in [5.74, 6) is 0.811. The summed E-state index contributed by atoms with van der Waals surface area (Å²) in [6.45, 7) is 4.57. The van der Waals surface area contributed by atoms with Gasteiger partial charge in [0.1, 0.15) is 23.9 Å². The Hall–Kier alpha value is -2.56. The van der Waals surface area contributed by atoms with E-state index in [-0.39, 0.29) is 17.8 Å². The van der Waals surface area contributed by atoms with Crippen molar-refractivity contribution in [2.75, 3.05) is 13.2 Å². The lowest BCUT2D eigenvalue weighted by atomic mass is 10.2. The van der Waals surface area contributed by atoms with E-state index in [1.54, 1.807) is 36.4 Å². The number of ether oxygens (including phenoxy) is 2. The van der Waals surface area contributed by atoms with Gasteiger partial charge in [-0.05, 0) is 62.4 Å². The van der Waals surface area contributed by atoms with Gasteiger partial charge in [0.2, 0.25) is 0 Å². The number of carbonyl (C=O) groups is 1. The van der Waals surface area contributed by atoms with Gasteiger partial charge in [-0.3, -0.25) is 4.79 Å². The Labute approximate surface area is 135 Å². The van der Waals surface area contributed by atoms with Crippen LogP contribution in [0.25, 0.3) is 0 Å². The molecule has 0 radical (unpaired) electrons. The van der Waals surface area contributed by atoms with E-state index in [2.05, 4.69) is 5.32 Å². The number of amides is 1. The molecule has 0 fully saturated rings. The Morgan fingerprint density at radius 2 is 1.65 bits per heavy atom. The lowest BCUT2D eigenvalue weighted by molar-refractivity contribution is 0.0947. The molecule has 4 nitrogen and oxygen atoms in total. The topological polar surface area (TPSA) is 47.6 Å². The van der Waals surface area contributed by atoms with Crippen LogP contribution in [0.15, 0.2) is 48.5 Å². The second-order valence-electron chi connectivity index (χ2n) is 5.25. The van der Waals surface area contributed by atoms with Crippen molar-refractivity contribution in [3.8, 4) is 11.5 Å². The lowest BCUT2D eigenvalue weighted by Crippen LogP contribution is -2.28. The number of carbonyl (C=O) groups excluding carboxylic acids is 1. The monoisotopic (exact) mass is 317 g/mol. The van der Waals surface area contributed by atoms with Crippen LogP contribution in [0.2, 0.25) is 0 Å². The van der Waals surface area contributed by atoms with Crippen LogP contribution in [-0.4, -0.2) is 25.2 Å². The normalized spacial score (nSPS) is 10.4. The maximum Gasteiger partial charge on any atom is 0.251 e. The second-order valence-corrected chi connectivity index (χ2v) is 5.25. The molecule has 2 aromatic carbocycles.